The Bertz CT molecular complexity index is 596. The first-order valence-corrected chi connectivity index (χ1v) is 6.33. The molecule has 4 nitrogen and oxygen atoms in total. The van der Waals surface area contributed by atoms with Gasteiger partial charge in [-0.2, -0.15) is 0 Å². The number of rotatable bonds is 4. The summed E-state index contributed by atoms with van der Waals surface area (Å²) >= 11 is 3.28. The van der Waals surface area contributed by atoms with E-state index in [1.165, 1.54) is 7.11 Å². The molecular formula is C14H12BrNO3. The molecule has 98 valence electrons. The van der Waals surface area contributed by atoms with Crippen LogP contribution in [0.1, 0.15) is 16.1 Å². The minimum atomic E-state index is -0.159. The van der Waals surface area contributed by atoms with Gasteiger partial charge in [0, 0.05) is 16.2 Å². The zero-order valence-electron chi connectivity index (χ0n) is 10.5. The van der Waals surface area contributed by atoms with E-state index in [9.17, 15) is 4.79 Å². The summed E-state index contributed by atoms with van der Waals surface area (Å²) in [4.78, 5) is 16.3. The smallest absolute Gasteiger partial charge is 0.211 e. The fourth-order valence-corrected chi connectivity index (χ4v) is 1.87. The lowest BCUT2D eigenvalue weighted by molar-refractivity contribution is 0.103. The Balaban J connectivity index is 2.36. The van der Waals surface area contributed by atoms with Crippen molar-refractivity contribution in [3.8, 4) is 11.5 Å². The van der Waals surface area contributed by atoms with Crippen molar-refractivity contribution in [2.45, 2.75) is 0 Å². The topological polar surface area (TPSA) is 48.4 Å². The minimum absolute atomic E-state index is 0.159. The maximum atomic E-state index is 12.3. The van der Waals surface area contributed by atoms with Crippen LogP contribution >= 0.6 is 15.9 Å². The van der Waals surface area contributed by atoms with Crippen molar-refractivity contribution >= 4 is 21.7 Å². The molecule has 1 heterocycles. The van der Waals surface area contributed by atoms with E-state index < -0.39 is 0 Å². The average Bonchev–Trinajstić information content (AvgIpc) is 2.46. The van der Waals surface area contributed by atoms with E-state index in [0.717, 1.165) is 4.47 Å². The number of hydrogen-bond donors (Lipinski definition) is 0. The molecule has 0 aliphatic heterocycles. The molecule has 2 rings (SSSR count). The summed E-state index contributed by atoms with van der Waals surface area (Å²) in [7, 11) is 3.08. The molecule has 0 saturated heterocycles. The van der Waals surface area contributed by atoms with E-state index in [2.05, 4.69) is 20.9 Å². The van der Waals surface area contributed by atoms with E-state index in [0.29, 0.717) is 22.8 Å². The lowest BCUT2D eigenvalue weighted by Crippen LogP contribution is -2.04. The number of carbonyl (C=O) groups is 1. The largest absolute Gasteiger partial charge is 0.493 e. The van der Waals surface area contributed by atoms with Gasteiger partial charge in [0.2, 0.25) is 5.78 Å². The third-order valence-corrected chi connectivity index (χ3v) is 3.07. The molecule has 0 amide bonds. The third kappa shape index (κ3) is 2.93. The summed E-state index contributed by atoms with van der Waals surface area (Å²) < 4.78 is 11.1. The number of ketones is 1. The van der Waals surface area contributed by atoms with Crippen molar-refractivity contribution in [2.75, 3.05) is 14.2 Å². The number of ether oxygens (including phenoxy) is 2. The second kappa shape index (κ2) is 5.84. The quantitative estimate of drug-likeness (QED) is 0.812. The van der Waals surface area contributed by atoms with Crippen LogP contribution in [0.5, 0.6) is 11.5 Å². The van der Waals surface area contributed by atoms with Gasteiger partial charge in [-0.1, -0.05) is 0 Å². The third-order valence-electron chi connectivity index (χ3n) is 2.61. The molecule has 1 aromatic heterocycles. The first-order chi connectivity index (χ1) is 9.15. The fourth-order valence-electron chi connectivity index (χ4n) is 1.64. The first-order valence-electron chi connectivity index (χ1n) is 5.54. The lowest BCUT2D eigenvalue weighted by Gasteiger charge is -2.08. The van der Waals surface area contributed by atoms with Crippen LogP contribution in [0.2, 0.25) is 0 Å². The molecule has 0 aliphatic carbocycles. The van der Waals surface area contributed by atoms with Gasteiger partial charge in [0.25, 0.3) is 0 Å². The standard InChI is InChI=1S/C14H12BrNO3/c1-18-12-6-3-9(7-13(12)19-2)14(17)11-5-4-10(15)8-16-11/h3-8H,1-2H3. The van der Waals surface area contributed by atoms with Gasteiger partial charge in [-0.3, -0.25) is 9.78 Å². The molecule has 19 heavy (non-hydrogen) atoms. The van der Waals surface area contributed by atoms with Crippen LogP contribution in [-0.4, -0.2) is 25.0 Å². The Morgan fingerprint density at radius 1 is 1.11 bits per heavy atom. The monoisotopic (exact) mass is 321 g/mol. The number of halogens is 1. The van der Waals surface area contributed by atoms with Crippen molar-refractivity contribution in [2.24, 2.45) is 0 Å². The van der Waals surface area contributed by atoms with Gasteiger partial charge in [0.1, 0.15) is 5.69 Å². The van der Waals surface area contributed by atoms with Gasteiger partial charge in [-0.15, -0.1) is 0 Å². The summed E-state index contributed by atoms with van der Waals surface area (Å²) in [5.41, 5.74) is 0.892. The Labute approximate surface area is 119 Å². The Morgan fingerprint density at radius 3 is 2.42 bits per heavy atom. The molecule has 1 aromatic carbocycles. The van der Waals surface area contributed by atoms with E-state index in [1.54, 1.807) is 43.6 Å². The van der Waals surface area contributed by atoms with Crippen molar-refractivity contribution in [1.29, 1.82) is 0 Å². The van der Waals surface area contributed by atoms with Crippen LogP contribution in [0.3, 0.4) is 0 Å². The van der Waals surface area contributed by atoms with Crippen LogP contribution < -0.4 is 9.47 Å². The van der Waals surface area contributed by atoms with E-state index in [4.69, 9.17) is 9.47 Å². The molecule has 5 heteroatoms. The molecule has 0 unspecified atom stereocenters. The van der Waals surface area contributed by atoms with Crippen molar-refractivity contribution in [3.63, 3.8) is 0 Å². The summed E-state index contributed by atoms with van der Waals surface area (Å²) in [5.74, 6) is 0.946. The summed E-state index contributed by atoms with van der Waals surface area (Å²) in [6, 6.07) is 8.48. The predicted molar refractivity (Wildman–Crippen MR) is 74.9 cm³/mol. The number of benzene rings is 1. The second-order valence-electron chi connectivity index (χ2n) is 3.76. The first kappa shape index (κ1) is 13.5. The number of pyridine rings is 1. The van der Waals surface area contributed by atoms with Gasteiger partial charge in [0.15, 0.2) is 11.5 Å². The molecule has 2 aromatic rings. The zero-order chi connectivity index (χ0) is 13.8. The van der Waals surface area contributed by atoms with E-state index in [1.807, 2.05) is 0 Å². The summed E-state index contributed by atoms with van der Waals surface area (Å²) in [6.07, 6.45) is 1.59. The lowest BCUT2D eigenvalue weighted by atomic mass is 10.1. The normalized spacial score (nSPS) is 10.1. The molecular weight excluding hydrogens is 310 g/mol. The molecule has 0 radical (unpaired) electrons. The van der Waals surface area contributed by atoms with Crippen molar-refractivity contribution < 1.29 is 14.3 Å². The molecule has 0 saturated carbocycles. The molecule has 0 atom stereocenters. The predicted octanol–water partition coefficient (Wildman–Crippen LogP) is 3.09. The highest BCUT2D eigenvalue weighted by molar-refractivity contribution is 9.10. The van der Waals surface area contributed by atoms with Gasteiger partial charge >= 0.3 is 0 Å². The maximum Gasteiger partial charge on any atom is 0.211 e. The number of aromatic nitrogens is 1. The number of methoxy groups -OCH3 is 2. The van der Waals surface area contributed by atoms with E-state index >= 15 is 0 Å². The van der Waals surface area contributed by atoms with E-state index in [-0.39, 0.29) is 5.78 Å². The Morgan fingerprint density at radius 2 is 1.84 bits per heavy atom. The number of carbonyl (C=O) groups excluding carboxylic acids is 1. The molecule has 0 fully saturated rings. The van der Waals surface area contributed by atoms with Crippen molar-refractivity contribution in [1.82, 2.24) is 4.98 Å². The van der Waals surface area contributed by atoms with Gasteiger partial charge < -0.3 is 9.47 Å². The highest BCUT2D eigenvalue weighted by Gasteiger charge is 2.13. The summed E-state index contributed by atoms with van der Waals surface area (Å²) in [5, 5.41) is 0. The number of hydrogen-bond acceptors (Lipinski definition) is 4. The summed E-state index contributed by atoms with van der Waals surface area (Å²) in [6.45, 7) is 0. The van der Waals surface area contributed by atoms with Crippen LogP contribution in [0.15, 0.2) is 41.0 Å². The highest BCUT2D eigenvalue weighted by Crippen LogP contribution is 2.28. The van der Waals surface area contributed by atoms with Crippen LogP contribution in [-0.2, 0) is 0 Å². The van der Waals surface area contributed by atoms with Gasteiger partial charge in [0.05, 0.1) is 14.2 Å². The maximum absolute atomic E-state index is 12.3. The molecule has 0 spiro atoms. The van der Waals surface area contributed by atoms with Crippen LogP contribution in [0.4, 0.5) is 0 Å². The molecule has 0 bridgehead atoms. The minimum Gasteiger partial charge on any atom is -0.493 e. The Kier molecular flexibility index (Phi) is 4.16. The van der Waals surface area contributed by atoms with Crippen LogP contribution in [0.25, 0.3) is 0 Å². The number of nitrogens with zero attached hydrogens (tertiary/aromatic N) is 1. The van der Waals surface area contributed by atoms with Gasteiger partial charge in [-0.25, -0.2) is 0 Å². The SMILES string of the molecule is COc1ccc(C(=O)c2ccc(Br)cn2)cc1OC. The zero-order valence-corrected chi connectivity index (χ0v) is 12.1. The van der Waals surface area contributed by atoms with Gasteiger partial charge in [-0.05, 0) is 46.3 Å². The van der Waals surface area contributed by atoms with Crippen molar-refractivity contribution in [3.05, 3.63) is 52.3 Å². The fraction of sp³-hybridized carbons (Fsp3) is 0.143. The average molecular weight is 322 g/mol. The molecule has 0 aliphatic rings. The van der Waals surface area contributed by atoms with Crippen LogP contribution in [0, 0.1) is 0 Å². The Hall–Kier alpha value is -1.88. The highest BCUT2D eigenvalue weighted by atomic mass is 79.9. The second-order valence-corrected chi connectivity index (χ2v) is 4.68. The molecule has 0 N–H and O–H groups in total.